The molecule has 1 fully saturated rings. The van der Waals surface area contributed by atoms with Crippen molar-refractivity contribution in [3.05, 3.63) is 59.7 Å². The molecule has 1 saturated heterocycles. The molecule has 6 nitrogen and oxygen atoms in total. The van der Waals surface area contributed by atoms with E-state index < -0.39 is 0 Å². The molecule has 0 radical (unpaired) electrons. The number of methoxy groups -OCH3 is 1. The van der Waals surface area contributed by atoms with Gasteiger partial charge in [-0.1, -0.05) is 36.4 Å². The quantitative estimate of drug-likeness (QED) is 0.504. The van der Waals surface area contributed by atoms with Crippen LogP contribution < -0.4 is 14.8 Å². The topological polar surface area (TPSA) is 55.3 Å². The summed E-state index contributed by atoms with van der Waals surface area (Å²) in [5.74, 6) is 2.97. The molecule has 0 spiro atoms. The summed E-state index contributed by atoms with van der Waals surface area (Å²) in [6, 6.07) is 16.3. The minimum absolute atomic E-state index is 0.526. The molecule has 1 aliphatic heterocycles. The molecule has 0 aromatic heterocycles. The predicted octanol–water partition coefficient (Wildman–Crippen LogP) is 3.71. The van der Waals surface area contributed by atoms with Gasteiger partial charge in [0, 0.05) is 32.6 Å². The lowest BCUT2D eigenvalue weighted by Crippen LogP contribution is -2.39. The maximum atomic E-state index is 5.94. The summed E-state index contributed by atoms with van der Waals surface area (Å²) in [5.41, 5.74) is 2.34. The van der Waals surface area contributed by atoms with Crippen molar-refractivity contribution in [1.82, 2.24) is 10.2 Å². The zero-order valence-corrected chi connectivity index (χ0v) is 18.3. The lowest BCUT2D eigenvalue weighted by molar-refractivity contribution is 0.0906. The van der Waals surface area contributed by atoms with Crippen LogP contribution >= 0.6 is 0 Å². The molecule has 0 amide bonds. The number of rotatable bonds is 9. The van der Waals surface area contributed by atoms with E-state index in [1.54, 1.807) is 7.11 Å². The highest BCUT2D eigenvalue weighted by Crippen LogP contribution is 2.28. The Morgan fingerprint density at radius 3 is 2.70 bits per heavy atom. The van der Waals surface area contributed by atoms with Crippen LogP contribution in [0.1, 0.15) is 24.5 Å². The number of hydrogen-bond donors (Lipinski definition) is 1. The SMILES string of the molecule is CCOc1ccc(CNC(=NC)N2CCC(COCc3ccccc3)C2)cc1OC. The number of ether oxygens (including phenoxy) is 3. The first-order valence-corrected chi connectivity index (χ1v) is 10.6. The monoisotopic (exact) mass is 411 g/mol. The fourth-order valence-electron chi connectivity index (χ4n) is 3.69. The van der Waals surface area contributed by atoms with Crippen LogP contribution in [0.15, 0.2) is 53.5 Å². The molecule has 30 heavy (non-hydrogen) atoms. The first-order chi connectivity index (χ1) is 14.7. The van der Waals surface area contributed by atoms with E-state index in [4.69, 9.17) is 14.2 Å². The van der Waals surface area contributed by atoms with Crippen molar-refractivity contribution in [1.29, 1.82) is 0 Å². The van der Waals surface area contributed by atoms with E-state index in [0.717, 1.165) is 49.1 Å². The largest absolute Gasteiger partial charge is 0.493 e. The van der Waals surface area contributed by atoms with Gasteiger partial charge >= 0.3 is 0 Å². The van der Waals surface area contributed by atoms with Gasteiger partial charge in [0.05, 0.1) is 26.9 Å². The highest BCUT2D eigenvalue weighted by atomic mass is 16.5. The van der Waals surface area contributed by atoms with Crippen LogP contribution in [0.25, 0.3) is 0 Å². The molecule has 2 aromatic rings. The number of nitrogens with one attached hydrogen (secondary N) is 1. The highest BCUT2D eigenvalue weighted by Gasteiger charge is 2.25. The van der Waals surface area contributed by atoms with Crippen LogP contribution in [-0.4, -0.2) is 51.3 Å². The third-order valence-corrected chi connectivity index (χ3v) is 5.24. The van der Waals surface area contributed by atoms with E-state index >= 15 is 0 Å². The van der Waals surface area contributed by atoms with Crippen LogP contribution in [0.3, 0.4) is 0 Å². The summed E-state index contributed by atoms with van der Waals surface area (Å²) in [5, 5.41) is 3.47. The van der Waals surface area contributed by atoms with Crippen LogP contribution in [-0.2, 0) is 17.9 Å². The molecule has 6 heteroatoms. The zero-order chi connectivity index (χ0) is 21.2. The number of benzene rings is 2. The molecule has 1 unspecified atom stereocenters. The van der Waals surface area contributed by atoms with Gasteiger partial charge in [-0.05, 0) is 36.6 Å². The third kappa shape index (κ3) is 6.13. The molecule has 3 rings (SSSR count). The first-order valence-electron chi connectivity index (χ1n) is 10.6. The van der Waals surface area contributed by atoms with Crippen LogP contribution in [0.5, 0.6) is 11.5 Å². The van der Waals surface area contributed by atoms with E-state index in [1.165, 1.54) is 5.56 Å². The lowest BCUT2D eigenvalue weighted by Gasteiger charge is -2.22. The number of nitrogens with zero attached hydrogens (tertiary/aromatic N) is 2. The highest BCUT2D eigenvalue weighted by molar-refractivity contribution is 5.80. The van der Waals surface area contributed by atoms with Crippen LogP contribution in [0, 0.1) is 5.92 Å². The number of likely N-dealkylation sites (tertiary alicyclic amines) is 1. The van der Waals surface area contributed by atoms with Gasteiger partial charge in [-0.3, -0.25) is 4.99 Å². The minimum Gasteiger partial charge on any atom is -0.493 e. The Balaban J connectivity index is 1.46. The summed E-state index contributed by atoms with van der Waals surface area (Å²) in [6.45, 7) is 6.66. The van der Waals surface area contributed by atoms with Gasteiger partial charge in [-0.25, -0.2) is 0 Å². The molecule has 0 bridgehead atoms. The minimum atomic E-state index is 0.526. The van der Waals surface area contributed by atoms with Crippen LogP contribution in [0.4, 0.5) is 0 Å². The second-order valence-electron chi connectivity index (χ2n) is 7.42. The van der Waals surface area contributed by atoms with Gasteiger partial charge in [-0.15, -0.1) is 0 Å². The fourth-order valence-corrected chi connectivity index (χ4v) is 3.69. The van der Waals surface area contributed by atoms with Crippen molar-refractivity contribution in [2.75, 3.05) is 40.5 Å². The molecular formula is C24H33N3O3. The second kappa shape index (κ2) is 11.5. The molecule has 1 N–H and O–H groups in total. The van der Waals surface area contributed by atoms with Gasteiger partial charge in [0.1, 0.15) is 0 Å². The second-order valence-corrected chi connectivity index (χ2v) is 7.42. The number of hydrogen-bond acceptors (Lipinski definition) is 4. The van der Waals surface area contributed by atoms with Crippen molar-refractivity contribution < 1.29 is 14.2 Å². The standard InChI is InChI=1S/C24H33N3O3/c1-4-30-22-11-10-20(14-23(22)28-3)15-26-24(25-2)27-13-12-21(16-27)18-29-17-19-8-6-5-7-9-19/h5-11,14,21H,4,12-13,15-18H2,1-3H3,(H,25,26). The summed E-state index contributed by atoms with van der Waals surface area (Å²) in [4.78, 5) is 6.78. The summed E-state index contributed by atoms with van der Waals surface area (Å²) >= 11 is 0. The maximum Gasteiger partial charge on any atom is 0.193 e. The Labute approximate surface area is 179 Å². The van der Waals surface area contributed by atoms with Gasteiger partial charge in [0.2, 0.25) is 0 Å². The van der Waals surface area contributed by atoms with E-state index in [2.05, 4.69) is 33.4 Å². The Kier molecular flexibility index (Phi) is 8.39. The Bertz CT molecular complexity index is 811. The fraction of sp³-hybridized carbons (Fsp3) is 0.458. The number of guanidine groups is 1. The molecule has 0 saturated carbocycles. The molecule has 0 aliphatic carbocycles. The van der Waals surface area contributed by atoms with E-state index in [1.807, 2.05) is 44.3 Å². The third-order valence-electron chi connectivity index (χ3n) is 5.24. The molecule has 1 heterocycles. The number of aliphatic imine (C=N–C) groups is 1. The maximum absolute atomic E-state index is 5.94. The van der Waals surface area contributed by atoms with Gasteiger partial charge in [0.15, 0.2) is 17.5 Å². The summed E-state index contributed by atoms with van der Waals surface area (Å²) in [7, 11) is 3.50. The summed E-state index contributed by atoms with van der Waals surface area (Å²) < 4.78 is 17.0. The van der Waals surface area contributed by atoms with Gasteiger partial charge < -0.3 is 24.4 Å². The predicted molar refractivity (Wildman–Crippen MR) is 120 cm³/mol. The van der Waals surface area contributed by atoms with Crippen LogP contribution in [0.2, 0.25) is 0 Å². The average Bonchev–Trinajstić information content (AvgIpc) is 3.24. The molecule has 2 aromatic carbocycles. The van der Waals surface area contributed by atoms with Crippen molar-refractivity contribution in [2.24, 2.45) is 10.9 Å². The van der Waals surface area contributed by atoms with E-state index in [-0.39, 0.29) is 0 Å². The van der Waals surface area contributed by atoms with Crippen molar-refractivity contribution in [3.8, 4) is 11.5 Å². The van der Waals surface area contributed by atoms with Crippen molar-refractivity contribution in [3.63, 3.8) is 0 Å². The molecular weight excluding hydrogens is 378 g/mol. The normalized spacial score (nSPS) is 16.6. The smallest absolute Gasteiger partial charge is 0.193 e. The summed E-state index contributed by atoms with van der Waals surface area (Å²) in [6.07, 6.45) is 1.12. The van der Waals surface area contributed by atoms with E-state index in [0.29, 0.717) is 25.7 Å². The lowest BCUT2D eigenvalue weighted by atomic mass is 10.1. The Morgan fingerprint density at radius 2 is 1.97 bits per heavy atom. The van der Waals surface area contributed by atoms with Gasteiger partial charge in [-0.2, -0.15) is 0 Å². The Morgan fingerprint density at radius 1 is 1.13 bits per heavy atom. The van der Waals surface area contributed by atoms with Gasteiger partial charge in [0.25, 0.3) is 0 Å². The van der Waals surface area contributed by atoms with E-state index in [9.17, 15) is 0 Å². The first kappa shape index (κ1) is 22.0. The van der Waals surface area contributed by atoms with Crippen molar-refractivity contribution in [2.45, 2.75) is 26.5 Å². The zero-order valence-electron chi connectivity index (χ0n) is 18.3. The molecule has 1 aliphatic rings. The molecule has 162 valence electrons. The average molecular weight is 412 g/mol. The molecule has 1 atom stereocenters. The Hall–Kier alpha value is -2.73. The van der Waals surface area contributed by atoms with Crippen molar-refractivity contribution >= 4 is 5.96 Å².